The van der Waals surface area contributed by atoms with Gasteiger partial charge in [-0.05, 0) is 60.8 Å². The summed E-state index contributed by atoms with van der Waals surface area (Å²) in [5.74, 6) is -0.0759. The number of halogens is 2. The molecule has 1 amide bonds. The Balaban J connectivity index is 1.42. The molecule has 0 spiro atoms. The molecule has 176 valence electrons. The predicted octanol–water partition coefficient (Wildman–Crippen LogP) is 6.39. The number of nitrogens with zero attached hydrogens (tertiary/aromatic N) is 1. The fraction of sp³-hybridized carbons (Fsp3) is 0.0741. The van der Waals surface area contributed by atoms with Crippen LogP contribution in [0.25, 0.3) is 10.8 Å². The number of rotatable bonds is 7. The Kier molecular flexibility index (Phi) is 7.80. The summed E-state index contributed by atoms with van der Waals surface area (Å²) in [6, 6.07) is 24.9. The SMILES string of the molecule is CC(Oc1cccc2ccccc12)C(=O)N/N=C/c1cc(Br)ccc1OC(=O)c1ccc(Cl)cc1. The van der Waals surface area contributed by atoms with Crippen molar-refractivity contribution in [2.24, 2.45) is 5.10 Å². The largest absolute Gasteiger partial charge is 0.480 e. The molecule has 6 nitrogen and oxygen atoms in total. The molecule has 0 aromatic heterocycles. The van der Waals surface area contributed by atoms with E-state index in [0.717, 1.165) is 15.2 Å². The van der Waals surface area contributed by atoms with Crippen LogP contribution in [-0.4, -0.2) is 24.2 Å². The highest BCUT2D eigenvalue weighted by atomic mass is 79.9. The van der Waals surface area contributed by atoms with Gasteiger partial charge in [-0.25, -0.2) is 10.2 Å². The maximum atomic E-state index is 12.6. The van der Waals surface area contributed by atoms with Crippen LogP contribution in [0.1, 0.15) is 22.8 Å². The Morgan fingerprint density at radius 1 is 0.971 bits per heavy atom. The van der Waals surface area contributed by atoms with Crippen LogP contribution in [0.5, 0.6) is 11.5 Å². The van der Waals surface area contributed by atoms with Crippen molar-refractivity contribution in [1.82, 2.24) is 5.43 Å². The third kappa shape index (κ3) is 6.26. The van der Waals surface area contributed by atoms with Gasteiger partial charge in [-0.3, -0.25) is 4.79 Å². The Morgan fingerprint density at radius 2 is 1.71 bits per heavy atom. The van der Waals surface area contributed by atoms with E-state index in [1.165, 1.54) is 6.21 Å². The van der Waals surface area contributed by atoms with Gasteiger partial charge in [-0.15, -0.1) is 0 Å². The number of nitrogens with one attached hydrogen (secondary N) is 1. The van der Waals surface area contributed by atoms with Crippen molar-refractivity contribution in [3.8, 4) is 11.5 Å². The zero-order valence-corrected chi connectivity index (χ0v) is 20.9. The summed E-state index contributed by atoms with van der Waals surface area (Å²) in [5, 5.41) is 6.48. The highest BCUT2D eigenvalue weighted by Crippen LogP contribution is 2.26. The Hall–Kier alpha value is -3.68. The fourth-order valence-electron chi connectivity index (χ4n) is 3.26. The lowest BCUT2D eigenvalue weighted by Gasteiger charge is -2.14. The third-order valence-electron chi connectivity index (χ3n) is 5.06. The molecule has 0 radical (unpaired) electrons. The number of hydrogen-bond acceptors (Lipinski definition) is 5. The first-order chi connectivity index (χ1) is 16.9. The average molecular weight is 552 g/mol. The standard InChI is InChI=1S/C27H20BrClN2O4/c1-17(34-25-8-4-6-18-5-2-3-7-23(18)25)26(32)31-30-16-20-15-21(28)11-14-24(20)35-27(33)19-9-12-22(29)13-10-19/h2-17H,1H3,(H,31,32)/b30-16+. The molecule has 0 saturated heterocycles. The molecule has 0 saturated carbocycles. The number of fused-ring (bicyclic) bond motifs is 1. The summed E-state index contributed by atoms with van der Waals surface area (Å²) in [7, 11) is 0. The zero-order chi connectivity index (χ0) is 24.8. The number of amides is 1. The normalized spacial score (nSPS) is 11.9. The van der Waals surface area contributed by atoms with Gasteiger partial charge in [-0.1, -0.05) is 63.9 Å². The third-order valence-corrected chi connectivity index (χ3v) is 5.80. The van der Waals surface area contributed by atoms with E-state index < -0.39 is 18.0 Å². The van der Waals surface area contributed by atoms with Crippen LogP contribution in [0.2, 0.25) is 5.02 Å². The summed E-state index contributed by atoms with van der Waals surface area (Å²) in [4.78, 5) is 25.1. The quantitative estimate of drug-likeness (QED) is 0.125. The molecule has 1 N–H and O–H groups in total. The summed E-state index contributed by atoms with van der Waals surface area (Å²) in [6.45, 7) is 1.64. The molecule has 1 atom stereocenters. The lowest BCUT2D eigenvalue weighted by atomic mass is 10.1. The first kappa shape index (κ1) is 24.4. The first-order valence-electron chi connectivity index (χ1n) is 10.7. The van der Waals surface area contributed by atoms with Gasteiger partial charge in [0, 0.05) is 20.4 Å². The number of carbonyl (C=O) groups is 2. The van der Waals surface area contributed by atoms with Crippen LogP contribution in [0.3, 0.4) is 0 Å². The van der Waals surface area contributed by atoms with Crippen molar-refractivity contribution in [2.75, 3.05) is 0 Å². The van der Waals surface area contributed by atoms with Crippen LogP contribution in [0.15, 0.2) is 94.5 Å². The lowest BCUT2D eigenvalue weighted by Crippen LogP contribution is -2.33. The second kappa shape index (κ2) is 11.2. The van der Waals surface area contributed by atoms with E-state index in [1.54, 1.807) is 49.4 Å². The summed E-state index contributed by atoms with van der Waals surface area (Å²) < 4.78 is 12.1. The van der Waals surface area contributed by atoms with Crippen LogP contribution in [0.4, 0.5) is 0 Å². The molecule has 4 rings (SSSR count). The predicted molar refractivity (Wildman–Crippen MR) is 140 cm³/mol. The fourth-order valence-corrected chi connectivity index (χ4v) is 3.76. The van der Waals surface area contributed by atoms with Gasteiger partial charge in [0.2, 0.25) is 0 Å². The minimum absolute atomic E-state index is 0.284. The van der Waals surface area contributed by atoms with Gasteiger partial charge in [0.25, 0.3) is 5.91 Å². The van der Waals surface area contributed by atoms with Crippen LogP contribution in [-0.2, 0) is 4.79 Å². The Morgan fingerprint density at radius 3 is 2.51 bits per heavy atom. The number of benzene rings is 4. The topological polar surface area (TPSA) is 77.0 Å². The number of hydrogen-bond donors (Lipinski definition) is 1. The molecule has 35 heavy (non-hydrogen) atoms. The van der Waals surface area contributed by atoms with Crippen molar-refractivity contribution in [2.45, 2.75) is 13.0 Å². The number of carbonyl (C=O) groups excluding carboxylic acids is 2. The van der Waals surface area contributed by atoms with E-state index in [9.17, 15) is 9.59 Å². The minimum Gasteiger partial charge on any atom is -0.480 e. The van der Waals surface area contributed by atoms with Gasteiger partial charge in [-0.2, -0.15) is 5.10 Å². The van der Waals surface area contributed by atoms with E-state index in [-0.39, 0.29) is 5.75 Å². The highest BCUT2D eigenvalue weighted by Gasteiger charge is 2.16. The zero-order valence-electron chi connectivity index (χ0n) is 18.6. The molecule has 0 bridgehead atoms. The van der Waals surface area contributed by atoms with Crippen LogP contribution < -0.4 is 14.9 Å². The number of hydrazone groups is 1. The lowest BCUT2D eigenvalue weighted by molar-refractivity contribution is -0.127. The van der Waals surface area contributed by atoms with Gasteiger partial charge in [0.05, 0.1) is 11.8 Å². The van der Waals surface area contributed by atoms with Crippen molar-refractivity contribution < 1.29 is 19.1 Å². The van der Waals surface area contributed by atoms with Crippen molar-refractivity contribution in [3.05, 3.63) is 106 Å². The summed E-state index contributed by atoms with van der Waals surface area (Å²) >= 11 is 9.27. The number of esters is 1. The molecular formula is C27H20BrClN2O4. The second-order valence-electron chi connectivity index (χ2n) is 7.55. The molecule has 0 heterocycles. The molecule has 8 heteroatoms. The molecule has 4 aromatic carbocycles. The molecule has 1 unspecified atom stereocenters. The van der Waals surface area contributed by atoms with E-state index in [0.29, 0.717) is 21.9 Å². The first-order valence-corrected chi connectivity index (χ1v) is 11.8. The second-order valence-corrected chi connectivity index (χ2v) is 8.90. The summed E-state index contributed by atoms with van der Waals surface area (Å²) in [5.41, 5.74) is 3.32. The smallest absolute Gasteiger partial charge is 0.343 e. The van der Waals surface area contributed by atoms with Crippen molar-refractivity contribution in [3.63, 3.8) is 0 Å². The molecule has 0 aliphatic rings. The van der Waals surface area contributed by atoms with E-state index >= 15 is 0 Å². The average Bonchev–Trinajstić information content (AvgIpc) is 2.86. The van der Waals surface area contributed by atoms with Gasteiger partial charge in [0.1, 0.15) is 11.5 Å². The van der Waals surface area contributed by atoms with Crippen molar-refractivity contribution >= 4 is 56.4 Å². The van der Waals surface area contributed by atoms with Crippen LogP contribution >= 0.6 is 27.5 Å². The van der Waals surface area contributed by atoms with E-state index in [2.05, 4.69) is 26.5 Å². The Labute approximate surface area is 215 Å². The molecular weight excluding hydrogens is 532 g/mol. The monoisotopic (exact) mass is 550 g/mol. The molecule has 0 fully saturated rings. The molecule has 0 aliphatic heterocycles. The van der Waals surface area contributed by atoms with Gasteiger partial charge >= 0.3 is 5.97 Å². The molecule has 0 aliphatic carbocycles. The number of ether oxygens (including phenoxy) is 2. The van der Waals surface area contributed by atoms with Crippen LogP contribution in [0, 0.1) is 0 Å². The van der Waals surface area contributed by atoms with Crippen molar-refractivity contribution in [1.29, 1.82) is 0 Å². The summed E-state index contributed by atoms with van der Waals surface area (Å²) in [6.07, 6.45) is 0.611. The highest BCUT2D eigenvalue weighted by molar-refractivity contribution is 9.10. The van der Waals surface area contributed by atoms with E-state index in [4.69, 9.17) is 21.1 Å². The maximum absolute atomic E-state index is 12.6. The minimum atomic E-state index is -0.789. The van der Waals surface area contributed by atoms with Gasteiger partial charge < -0.3 is 9.47 Å². The maximum Gasteiger partial charge on any atom is 0.343 e. The van der Waals surface area contributed by atoms with Gasteiger partial charge in [0.15, 0.2) is 6.10 Å². The van der Waals surface area contributed by atoms with E-state index in [1.807, 2.05) is 42.5 Å². The Bertz CT molecular complexity index is 1400. The molecule has 4 aromatic rings.